The van der Waals surface area contributed by atoms with Crippen molar-refractivity contribution in [2.75, 3.05) is 7.11 Å². The molecule has 20 heavy (non-hydrogen) atoms. The molecule has 8 heteroatoms. The van der Waals surface area contributed by atoms with E-state index in [0.29, 0.717) is 0 Å². The Morgan fingerprint density at radius 3 is 2.60 bits per heavy atom. The Bertz CT molecular complexity index is 545. The summed E-state index contributed by atoms with van der Waals surface area (Å²) in [4.78, 5) is 33.9. The van der Waals surface area contributed by atoms with E-state index in [1.165, 1.54) is 18.2 Å². The molecule has 1 aromatic rings. The number of carbonyl (C=O) groups excluding carboxylic acids is 2. The van der Waals surface area contributed by atoms with Crippen LogP contribution in [0, 0.1) is 0 Å². The third kappa shape index (κ3) is 4.13. The normalized spacial score (nSPS) is 11.5. The molecular formula is C12H12ClNO6. The predicted molar refractivity (Wildman–Crippen MR) is 68.6 cm³/mol. The second-order valence-electron chi connectivity index (χ2n) is 3.81. The number of benzene rings is 1. The summed E-state index contributed by atoms with van der Waals surface area (Å²) in [5.41, 5.74) is -0.186. The summed E-state index contributed by atoms with van der Waals surface area (Å²) in [7, 11) is 1.10. The quantitative estimate of drug-likeness (QED) is 0.693. The number of esters is 1. The summed E-state index contributed by atoms with van der Waals surface area (Å²) >= 11 is 5.69. The first-order valence-corrected chi connectivity index (χ1v) is 5.82. The molecule has 0 saturated heterocycles. The first-order valence-electron chi connectivity index (χ1n) is 5.44. The molecule has 1 rings (SSSR count). The molecule has 0 saturated carbocycles. The fraction of sp³-hybridized carbons (Fsp3) is 0.250. The first-order chi connectivity index (χ1) is 9.35. The molecule has 0 heterocycles. The largest absolute Gasteiger partial charge is 0.507 e. The van der Waals surface area contributed by atoms with Crippen LogP contribution in [0.5, 0.6) is 5.75 Å². The van der Waals surface area contributed by atoms with Crippen LogP contribution in [0.15, 0.2) is 18.2 Å². The summed E-state index contributed by atoms with van der Waals surface area (Å²) in [5.74, 6) is -3.39. The molecule has 3 N–H and O–H groups in total. The van der Waals surface area contributed by atoms with Gasteiger partial charge in [-0.05, 0) is 18.2 Å². The molecule has 1 amide bonds. The highest BCUT2D eigenvalue weighted by molar-refractivity contribution is 6.31. The third-order valence-corrected chi connectivity index (χ3v) is 2.64. The molecular weight excluding hydrogens is 290 g/mol. The maximum Gasteiger partial charge on any atom is 0.326 e. The van der Waals surface area contributed by atoms with Gasteiger partial charge < -0.3 is 20.3 Å². The summed E-state index contributed by atoms with van der Waals surface area (Å²) in [6.45, 7) is 0. The second kappa shape index (κ2) is 6.76. The number of carbonyl (C=O) groups is 3. The Morgan fingerprint density at radius 1 is 1.40 bits per heavy atom. The second-order valence-corrected chi connectivity index (χ2v) is 4.24. The minimum atomic E-state index is -1.46. The summed E-state index contributed by atoms with van der Waals surface area (Å²) in [6.07, 6.45) is -0.529. The zero-order valence-electron chi connectivity index (χ0n) is 10.4. The summed E-state index contributed by atoms with van der Waals surface area (Å²) < 4.78 is 4.34. The average Bonchev–Trinajstić information content (AvgIpc) is 2.40. The number of hydrogen-bond donors (Lipinski definition) is 3. The van der Waals surface area contributed by atoms with Crippen molar-refractivity contribution in [2.24, 2.45) is 0 Å². The topological polar surface area (TPSA) is 113 Å². The number of aromatic hydroxyl groups is 1. The number of rotatable bonds is 5. The maximum atomic E-state index is 11.9. The van der Waals surface area contributed by atoms with E-state index in [9.17, 15) is 19.5 Å². The van der Waals surface area contributed by atoms with Crippen molar-refractivity contribution in [3.63, 3.8) is 0 Å². The molecule has 0 spiro atoms. The van der Waals surface area contributed by atoms with Gasteiger partial charge in [0.2, 0.25) is 0 Å². The molecule has 0 fully saturated rings. The molecule has 1 atom stereocenters. The number of ether oxygens (including phenoxy) is 1. The van der Waals surface area contributed by atoms with Gasteiger partial charge in [0.25, 0.3) is 5.91 Å². The molecule has 0 aliphatic rings. The zero-order valence-corrected chi connectivity index (χ0v) is 11.2. The molecule has 0 unspecified atom stereocenters. The lowest BCUT2D eigenvalue weighted by Crippen LogP contribution is -2.42. The number of phenolic OH excluding ortho intramolecular Hbond substituents is 1. The van der Waals surface area contributed by atoms with Crippen molar-refractivity contribution in [3.05, 3.63) is 28.8 Å². The first kappa shape index (κ1) is 15.8. The van der Waals surface area contributed by atoms with Gasteiger partial charge in [0.05, 0.1) is 19.1 Å². The van der Waals surface area contributed by atoms with Crippen LogP contribution in [0.1, 0.15) is 16.8 Å². The lowest BCUT2D eigenvalue weighted by atomic mass is 10.1. The van der Waals surface area contributed by atoms with E-state index in [0.717, 1.165) is 7.11 Å². The van der Waals surface area contributed by atoms with Crippen LogP contribution in [0.2, 0.25) is 5.02 Å². The van der Waals surface area contributed by atoms with Crippen LogP contribution in [0.25, 0.3) is 0 Å². The smallest absolute Gasteiger partial charge is 0.326 e. The van der Waals surface area contributed by atoms with E-state index < -0.39 is 30.3 Å². The molecule has 7 nitrogen and oxygen atoms in total. The lowest BCUT2D eigenvalue weighted by molar-refractivity contribution is -0.147. The number of carboxylic acid groups (broad SMARTS) is 1. The van der Waals surface area contributed by atoms with Crippen molar-refractivity contribution in [2.45, 2.75) is 12.5 Å². The molecule has 0 bridgehead atoms. The van der Waals surface area contributed by atoms with Crippen molar-refractivity contribution >= 4 is 29.4 Å². The SMILES string of the molecule is COC(=O)C[C@H](NC(=O)c1cc(Cl)ccc1O)C(=O)O. The van der Waals surface area contributed by atoms with Gasteiger partial charge in [-0.25, -0.2) is 4.79 Å². The number of nitrogens with one attached hydrogen (secondary N) is 1. The Kier molecular flexibility index (Phi) is 5.33. The number of methoxy groups -OCH3 is 1. The standard InChI is InChI=1S/C12H12ClNO6/c1-20-10(16)5-8(12(18)19)14-11(17)7-4-6(13)2-3-9(7)15/h2-4,8,15H,5H2,1H3,(H,14,17)(H,18,19)/t8-/m0/s1. The zero-order chi connectivity index (χ0) is 15.3. The van der Waals surface area contributed by atoms with Crippen LogP contribution in [0.3, 0.4) is 0 Å². The number of aliphatic carboxylic acids is 1. The Morgan fingerprint density at radius 2 is 2.05 bits per heavy atom. The van der Waals surface area contributed by atoms with E-state index >= 15 is 0 Å². The van der Waals surface area contributed by atoms with E-state index in [1.54, 1.807) is 0 Å². The van der Waals surface area contributed by atoms with E-state index in [-0.39, 0.29) is 16.3 Å². The van der Waals surface area contributed by atoms with Crippen molar-refractivity contribution in [3.8, 4) is 5.75 Å². The van der Waals surface area contributed by atoms with Gasteiger partial charge in [0.1, 0.15) is 11.8 Å². The minimum Gasteiger partial charge on any atom is -0.507 e. The van der Waals surface area contributed by atoms with Gasteiger partial charge in [-0.1, -0.05) is 11.6 Å². The highest BCUT2D eigenvalue weighted by Gasteiger charge is 2.25. The molecule has 0 aromatic heterocycles. The number of hydrogen-bond acceptors (Lipinski definition) is 5. The van der Waals surface area contributed by atoms with Crippen LogP contribution in [0.4, 0.5) is 0 Å². The Balaban J connectivity index is 2.88. The lowest BCUT2D eigenvalue weighted by Gasteiger charge is -2.14. The monoisotopic (exact) mass is 301 g/mol. The highest BCUT2D eigenvalue weighted by atomic mass is 35.5. The fourth-order valence-electron chi connectivity index (χ4n) is 1.38. The van der Waals surface area contributed by atoms with Crippen LogP contribution >= 0.6 is 11.6 Å². The number of carboxylic acids is 1. The average molecular weight is 302 g/mol. The van der Waals surface area contributed by atoms with Crippen LogP contribution in [-0.4, -0.2) is 41.2 Å². The number of amides is 1. The van der Waals surface area contributed by atoms with Crippen molar-refractivity contribution < 1.29 is 29.3 Å². The molecule has 0 aliphatic carbocycles. The summed E-state index contributed by atoms with van der Waals surface area (Å²) in [5, 5.41) is 20.8. The number of halogens is 1. The van der Waals surface area contributed by atoms with Crippen LogP contribution < -0.4 is 5.32 Å². The van der Waals surface area contributed by atoms with Gasteiger partial charge in [0, 0.05) is 5.02 Å². The Labute approximate surface area is 119 Å². The predicted octanol–water partition coefficient (Wildman–Crippen LogP) is 0.792. The van der Waals surface area contributed by atoms with Gasteiger partial charge in [-0.3, -0.25) is 9.59 Å². The number of phenols is 1. The molecule has 1 aromatic carbocycles. The maximum absolute atomic E-state index is 11.9. The Hall–Kier alpha value is -2.28. The van der Waals surface area contributed by atoms with Crippen molar-refractivity contribution in [1.82, 2.24) is 5.32 Å². The third-order valence-electron chi connectivity index (χ3n) is 2.41. The van der Waals surface area contributed by atoms with Crippen LogP contribution in [-0.2, 0) is 14.3 Å². The molecule has 0 aliphatic heterocycles. The summed E-state index contributed by atoms with van der Waals surface area (Å²) in [6, 6.07) is 2.29. The molecule has 0 radical (unpaired) electrons. The fourth-order valence-corrected chi connectivity index (χ4v) is 1.55. The van der Waals surface area contributed by atoms with Gasteiger partial charge in [-0.15, -0.1) is 0 Å². The molecule has 108 valence electrons. The van der Waals surface area contributed by atoms with Crippen molar-refractivity contribution in [1.29, 1.82) is 0 Å². The highest BCUT2D eigenvalue weighted by Crippen LogP contribution is 2.21. The van der Waals surface area contributed by atoms with E-state index in [2.05, 4.69) is 10.1 Å². The van der Waals surface area contributed by atoms with E-state index in [1.807, 2.05) is 0 Å². The van der Waals surface area contributed by atoms with E-state index in [4.69, 9.17) is 16.7 Å². The van der Waals surface area contributed by atoms with Gasteiger partial charge >= 0.3 is 11.9 Å². The van der Waals surface area contributed by atoms with Gasteiger partial charge in [0.15, 0.2) is 0 Å². The van der Waals surface area contributed by atoms with Gasteiger partial charge in [-0.2, -0.15) is 0 Å². The minimum absolute atomic E-state index is 0.186.